The van der Waals surface area contributed by atoms with Crippen LogP contribution in [0.1, 0.15) is 24.8 Å². The molecule has 20 heavy (non-hydrogen) atoms. The SMILES string of the molecule is Cc1cc(N)ccc1NC(=O)CCOCC1CCCO1. The maximum Gasteiger partial charge on any atom is 0.226 e. The van der Waals surface area contributed by atoms with Gasteiger partial charge < -0.3 is 20.5 Å². The van der Waals surface area contributed by atoms with Crippen molar-refractivity contribution in [2.75, 3.05) is 30.9 Å². The summed E-state index contributed by atoms with van der Waals surface area (Å²) in [6.07, 6.45) is 2.70. The molecule has 1 unspecified atom stereocenters. The standard InChI is InChI=1S/C15H22N2O3/c1-11-9-12(16)4-5-14(11)17-15(18)6-8-19-10-13-3-2-7-20-13/h4-5,9,13H,2-3,6-8,10,16H2,1H3,(H,17,18). The normalized spacial score (nSPS) is 18.1. The molecular weight excluding hydrogens is 256 g/mol. The van der Waals surface area contributed by atoms with Gasteiger partial charge in [0.25, 0.3) is 0 Å². The minimum Gasteiger partial charge on any atom is -0.399 e. The Morgan fingerprint density at radius 2 is 2.40 bits per heavy atom. The molecule has 0 radical (unpaired) electrons. The Morgan fingerprint density at radius 1 is 1.55 bits per heavy atom. The number of hydrogen-bond acceptors (Lipinski definition) is 4. The van der Waals surface area contributed by atoms with E-state index in [0.717, 1.165) is 30.7 Å². The summed E-state index contributed by atoms with van der Waals surface area (Å²) in [5, 5.41) is 2.86. The van der Waals surface area contributed by atoms with Gasteiger partial charge in [0.2, 0.25) is 5.91 Å². The highest BCUT2D eigenvalue weighted by atomic mass is 16.5. The smallest absolute Gasteiger partial charge is 0.226 e. The van der Waals surface area contributed by atoms with Crippen molar-refractivity contribution in [2.45, 2.75) is 32.3 Å². The Balaban J connectivity index is 1.67. The van der Waals surface area contributed by atoms with Crippen molar-refractivity contribution in [3.8, 4) is 0 Å². The van der Waals surface area contributed by atoms with E-state index in [1.807, 2.05) is 19.1 Å². The van der Waals surface area contributed by atoms with Crippen molar-refractivity contribution < 1.29 is 14.3 Å². The third kappa shape index (κ3) is 4.51. The van der Waals surface area contributed by atoms with Gasteiger partial charge in [0.05, 0.1) is 25.7 Å². The second kappa shape index (κ2) is 7.26. The molecule has 0 aromatic heterocycles. The van der Waals surface area contributed by atoms with E-state index in [2.05, 4.69) is 5.32 Å². The van der Waals surface area contributed by atoms with Crippen LogP contribution in [0.3, 0.4) is 0 Å². The lowest BCUT2D eigenvalue weighted by atomic mass is 10.2. The molecule has 1 aliphatic heterocycles. The Kier molecular flexibility index (Phi) is 5.38. The van der Waals surface area contributed by atoms with E-state index in [0.29, 0.717) is 25.3 Å². The molecule has 5 nitrogen and oxygen atoms in total. The summed E-state index contributed by atoms with van der Waals surface area (Å²) in [6.45, 7) is 3.73. The average molecular weight is 278 g/mol. The molecule has 1 fully saturated rings. The van der Waals surface area contributed by atoms with E-state index < -0.39 is 0 Å². The molecule has 2 rings (SSSR count). The van der Waals surface area contributed by atoms with Gasteiger partial charge in [-0.05, 0) is 43.5 Å². The van der Waals surface area contributed by atoms with Crippen LogP contribution < -0.4 is 11.1 Å². The lowest BCUT2D eigenvalue weighted by Gasteiger charge is -2.11. The molecule has 1 heterocycles. The number of ether oxygens (including phenoxy) is 2. The van der Waals surface area contributed by atoms with Crippen LogP contribution in [0.15, 0.2) is 18.2 Å². The molecule has 1 aliphatic rings. The zero-order chi connectivity index (χ0) is 14.4. The number of nitrogens with two attached hydrogens (primary N) is 1. The van der Waals surface area contributed by atoms with Crippen LogP contribution in [0.25, 0.3) is 0 Å². The number of nitrogen functional groups attached to an aromatic ring is 1. The van der Waals surface area contributed by atoms with Crippen molar-refractivity contribution >= 4 is 17.3 Å². The first kappa shape index (κ1) is 14.8. The third-order valence-corrected chi connectivity index (χ3v) is 3.33. The number of rotatable bonds is 6. The molecule has 0 spiro atoms. The van der Waals surface area contributed by atoms with Gasteiger partial charge in [-0.1, -0.05) is 0 Å². The highest BCUT2D eigenvalue weighted by Gasteiger charge is 2.15. The van der Waals surface area contributed by atoms with Crippen LogP contribution in [0.2, 0.25) is 0 Å². The van der Waals surface area contributed by atoms with E-state index >= 15 is 0 Å². The van der Waals surface area contributed by atoms with Gasteiger partial charge in [0.15, 0.2) is 0 Å². The second-order valence-electron chi connectivity index (χ2n) is 5.08. The Labute approximate surface area is 119 Å². The number of hydrogen-bond donors (Lipinski definition) is 2. The predicted molar refractivity (Wildman–Crippen MR) is 78.6 cm³/mol. The van der Waals surface area contributed by atoms with Crippen LogP contribution in [-0.4, -0.2) is 31.8 Å². The number of nitrogens with one attached hydrogen (secondary N) is 1. The monoisotopic (exact) mass is 278 g/mol. The summed E-state index contributed by atoms with van der Waals surface area (Å²) < 4.78 is 10.9. The molecule has 1 aromatic rings. The summed E-state index contributed by atoms with van der Waals surface area (Å²) in [5.74, 6) is -0.0507. The van der Waals surface area contributed by atoms with E-state index in [1.54, 1.807) is 6.07 Å². The van der Waals surface area contributed by atoms with E-state index in [9.17, 15) is 4.79 Å². The summed E-state index contributed by atoms with van der Waals surface area (Å²) >= 11 is 0. The minimum absolute atomic E-state index is 0.0507. The van der Waals surface area contributed by atoms with Gasteiger partial charge in [-0.15, -0.1) is 0 Å². The lowest BCUT2D eigenvalue weighted by Crippen LogP contribution is -2.18. The van der Waals surface area contributed by atoms with Crippen LogP contribution in [-0.2, 0) is 14.3 Å². The van der Waals surface area contributed by atoms with Crippen molar-refractivity contribution in [3.63, 3.8) is 0 Å². The van der Waals surface area contributed by atoms with Gasteiger partial charge in [0.1, 0.15) is 0 Å². The van der Waals surface area contributed by atoms with Crippen molar-refractivity contribution in [1.82, 2.24) is 0 Å². The lowest BCUT2D eigenvalue weighted by molar-refractivity contribution is -0.117. The fourth-order valence-electron chi connectivity index (χ4n) is 2.20. The highest BCUT2D eigenvalue weighted by molar-refractivity contribution is 5.91. The zero-order valence-electron chi connectivity index (χ0n) is 11.9. The number of carbonyl (C=O) groups excluding carboxylic acids is 1. The summed E-state index contributed by atoms with van der Waals surface area (Å²) in [5.41, 5.74) is 8.12. The fraction of sp³-hybridized carbons (Fsp3) is 0.533. The minimum atomic E-state index is -0.0507. The van der Waals surface area contributed by atoms with Crippen molar-refractivity contribution in [1.29, 1.82) is 0 Å². The van der Waals surface area contributed by atoms with Crippen LogP contribution >= 0.6 is 0 Å². The van der Waals surface area contributed by atoms with Crippen LogP contribution in [0.4, 0.5) is 11.4 Å². The summed E-state index contributed by atoms with van der Waals surface area (Å²) in [4.78, 5) is 11.8. The molecule has 110 valence electrons. The summed E-state index contributed by atoms with van der Waals surface area (Å²) in [7, 11) is 0. The molecule has 1 atom stereocenters. The van der Waals surface area contributed by atoms with Crippen molar-refractivity contribution in [2.24, 2.45) is 0 Å². The molecule has 0 saturated carbocycles. The van der Waals surface area contributed by atoms with Gasteiger partial charge in [-0.25, -0.2) is 0 Å². The first-order chi connectivity index (χ1) is 9.65. The summed E-state index contributed by atoms with van der Waals surface area (Å²) in [6, 6.07) is 5.43. The maximum absolute atomic E-state index is 11.8. The Morgan fingerprint density at radius 3 is 3.10 bits per heavy atom. The third-order valence-electron chi connectivity index (χ3n) is 3.33. The van der Waals surface area contributed by atoms with Gasteiger partial charge in [-0.2, -0.15) is 0 Å². The Hall–Kier alpha value is -1.59. The fourth-order valence-corrected chi connectivity index (χ4v) is 2.20. The quantitative estimate of drug-likeness (QED) is 0.617. The molecule has 0 bridgehead atoms. The molecule has 0 aliphatic carbocycles. The molecule has 1 amide bonds. The highest BCUT2D eigenvalue weighted by Crippen LogP contribution is 2.17. The zero-order valence-corrected chi connectivity index (χ0v) is 11.9. The van der Waals surface area contributed by atoms with E-state index in [4.69, 9.17) is 15.2 Å². The largest absolute Gasteiger partial charge is 0.399 e. The number of anilines is 2. The molecule has 3 N–H and O–H groups in total. The Bertz CT molecular complexity index is 456. The number of benzene rings is 1. The number of aryl methyl sites for hydroxylation is 1. The maximum atomic E-state index is 11.8. The predicted octanol–water partition coefficient (Wildman–Crippen LogP) is 2.10. The first-order valence-electron chi connectivity index (χ1n) is 7.00. The molecule has 1 aromatic carbocycles. The molecular formula is C15H22N2O3. The number of carbonyl (C=O) groups is 1. The van der Waals surface area contributed by atoms with Crippen LogP contribution in [0.5, 0.6) is 0 Å². The molecule has 5 heteroatoms. The topological polar surface area (TPSA) is 73.6 Å². The van der Waals surface area contributed by atoms with Gasteiger partial charge in [0, 0.05) is 18.0 Å². The van der Waals surface area contributed by atoms with Crippen molar-refractivity contribution in [3.05, 3.63) is 23.8 Å². The first-order valence-corrected chi connectivity index (χ1v) is 7.00. The van der Waals surface area contributed by atoms with E-state index in [-0.39, 0.29) is 12.0 Å². The van der Waals surface area contributed by atoms with Crippen LogP contribution in [0, 0.1) is 6.92 Å². The van der Waals surface area contributed by atoms with E-state index in [1.165, 1.54) is 0 Å². The number of amides is 1. The average Bonchev–Trinajstić information content (AvgIpc) is 2.91. The molecule has 1 saturated heterocycles. The second-order valence-corrected chi connectivity index (χ2v) is 5.08. The van der Waals surface area contributed by atoms with Gasteiger partial charge in [-0.3, -0.25) is 4.79 Å². The van der Waals surface area contributed by atoms with Gasteiger partial charge >= 0.3 is 0 Å².